The van der Waals surface area contributed by atoms with Crippen LogP contribution in [0.2, 0.25) is 0 Å². The maximum absolute atomic E-state index is 12.2. The highest BCUT2D eigenvalue weighted by molar-refractivity contribution is 5.81. The number of aliphatic carboxylic acids is 1. The molecule has 1 N–H and O–H groups in total. The topological polar surface area (TPSA) is 83.0 Å². The van der Waals surface area contributed by atoms with Crippen molar-refractivity contribution in [2.45, 2.75) is 46.3 Å². The molecule has 0 bridgehead atoms. The number of carbonyl (C=O) groups is 2. The Kier molecular flexibility index (Phi) is 7.00. The highest BCUT2D eigenvalue weighted by atomic mass is 16.6. The third-order valence-corrected chi connectivity index (χ3v) is 3.27. The number of carbonyl (C=O) groups excluding carboxylic acids is 1. The van der Waals surface area contributed by atoms with E-state index in [-0.39, 0.29) is 13.1 Å². The molecule has 2 heterocycles. The standard InChI is InChI=1S/C15H21N3O4.C2H6/c1-15(2,3)22-14(21)18-9-8-17(10-11(18)13(19)20)12-6-4-5-7-16-12;1-2/h4-7,11H,8-10H2,1-3H3,(H,19,20);1-2H3. The van der Waals surface area contributed by atoms with Gasteiger partial charge in [-0.05, 0) is 32.9 Å². The van der Waals surface area contributed by atoms with Gasteiger partial charge in [0.15, 0.2) is 0 Å². The maximum atomic E-state index is 12.2. The van der Waals surface area contributed by atoms with E-state index in [1.165, 1.54) is 4.90 Å². The fourth-order valence-corrected chi connectivity index (χ4v) is 2.28. The minimum Gasteiger partial charge on any atom is -0.480 e. The number of rotatable bonds is 2. The fourth-order valence-electron chi connectivity index (χ4n) is 2.28. The predicted molar refractivity (Wildman–Crippen MR) is 92.2 cm³/mol. The Balaban J connectivity index is 0.00000139. The zero-order valence-corrected chi connectivity index (χ0v) is 15.0. The molecule has 0 aliphatic carbocycles. The van der Waals surface area contributed by atoms with Crippen molar-refractivity contribution in [1.29, 1.82) is 0 Å². The Labute approximate surface area is 143 Å². The molecule has 7 nitrogen and oxygen atoms in total. The molecule has 0 saturated carbocycles. The first-order valence-corrected chi connectivity index (χ1v) is 8.16. The molecule has 0 aromatic carbocycles. The number of carboxylic acids is 1. The average molecular weight is 337 g/mol. The minimum atomic E-state index is -1.05. The molecule has 1 aromatic heterocycles. The number of hydrogen-bond donors (Lipinski definition) is 1. The Hall–Kier alpha value is -2.31. The van der Waals surface area contributed by atoms with Gasteiger partial charge >= 0.3 is 12.1 Å². The summed E-state index contributed by atoms with van der Waals surface area (Å²) in [6.07, 6.45) is 1.06. The van der Waals surface area contributed by atoms with Crippen molar-refractivity contribution in [2.75, 3.05) is 24.5 Å². The van der Waals surface area contributed by atoms with Gasteiger partial charge in [0, 0.05) is 19.3 Å². The van der Waals surface area contributed by atoms with Crippen molar-refractivity contribution in [3.63, 3.8) is 0 Å². The SMILES string of the molecule is CC.CC(C)(C)OC(=O)N1CCN(c2ccccn2)CC1C(=O)O. The van der Waals surface area contributed by atoms with Crippen molar-refractivity contribution < 1.29 is 19.4 Å². The molecule has 0 radical (unpaired) electrons. The summed E-state index contributed by atoms with van der Waals surface area (Å²) >= 11 is 0. The number of pyridine rings is 1. The van der Waals surface area contributed by atoms with Crippen molar-refractivity contribution in [3.8, 4) is 0 Å². The molecule has 1 amide bonds. The van der Waals surface area contributed by atoms with Crippen molar-refractivity contribution >= 4 is 17.9 Å². The lowest BCUT2D eigenvalue weighted by atomic mass is 10.1. The lowest BCUT2D eigenvalue weighted by molar-refractivity contribution is -0.143. The molecule has 1 aliphatic heterocycles. The molecule has 134 valence electrons. The van der Waals surface area contributed by atoms with Crippen LogP contribution in [0.25, 0.3) is 0 Å². The summed E-state index contributed by atoms with van der Waals surface area (Å²) in [6.45, 7) is 10.2. The molecule has 1 aliphatic rings. The molecule has 1 fully saturated rings. The number of anilines is 1. The quantitative estimate of drug-likeness (QED) is 0.893. The van der Waals surface area contributed by atoms with Gasteiger partial charge in [-0.2, -0.15) is 0 Å². The zero-order chi connectivity index (χ0) is 18.3. The van der Waals surface area contributed by atoms with Crippen LogP contribution in [0.3, 0.4) is 0 Å². The van der Waals surface area contributed by atoms with E-state index in [9.17, 15) is 14.7 Å². The molecule has 24 heavy (non-hydrogen) atoms. The number of hydrogen-bond acceptors (Lipinski definition) is 5. The van der Waals surface area contributed by atoms with E-state index in [1.807, 2.05) is 30.9 Å². The average Bonchev–Trinajstić information content (AvgIpc) is 2.55. The first-order chi connectivity index (χ1) is 11.3. The number of carboxylic acid groups (broad SMARTS) is 1. The lowest BCUT2D eigenvalue weighted by Crippen LogP contribution is -2.59. The van der Waals surface area contributed by atoms with E-state index in [2.05, 4.69) is 4.98 Å². The van der Waals surface area contributed by atoms with Gasteiger partial charge in [0.2, 0.25) is 0 Å². The van der Waals surface area contributed by atoms with E-state index >= 15 is 0 Å². The summed E-state index contributed by atoms with van der Waals surface area (Å²) in [4.78, 5) is 31.0. The van der Waals surface area contributed by atoms with E-state index in [0.717, 1.165) is 0 Å². The second-order valence-corrected chi connectivity index (χ2v) is 6.16. The molecule has 1 unspecified atom stereocenters. The number of aromatic nitrogens is 1. The van der Waals surface area contributed by atoms with Crippen molar-refractivity contribution in [3.05, 3.63) is 24.4 Å². The third-order valence-electron chi connectivity index (χ3n) is 3.27. The Morgan fingerprint density at radius 3 is 2.42 bits per heavy atom. The van der Waals surface area contributed by atoms with Crippen LogP contribution >= 0.6 is 0 Å². The minimum absolute atomic E-state index is 0.186. The lowest BCUT2D eigenvalue weighted by Gasteiger charge is -2.40. The first kappa shape index (κ1) is 19.7. The normalized spacial score (nSPS) is 17.6. The maximum Gasteiger partial charge on any atom is 0.411 e. The first-order valence-electron chi connectivity index (χ1n) is 8.16. The Morgan fingerprint density at radius 2 is 1.92 bits per heavy atom. The zero-order valence-electron chi connectivity index (χ0n) is 15.0. The van der Waals surface area contributed by atoms with Gasteiger partial charge in [0.05, 0.1) is 6.54 Å². The van der Waals surface area contributed by atoms with Gasteiger partial charge in [-0.15, -0.1) is 0 Å². The van der Waals surface area contributed by atoms with E-state index < -0.39 is 23.7 Å². The van der Waals surface area contributed by atoms with Gasteiger partial charge in [0.25, 0.3) is 0 Å². The molecule has 1 saturated heterocycles. The summed E-state index contributed by atoms with van der Waals surface area (Å²) in [5.41, 5.74) is -0.655. The monoisotopic (exact) mass is 337 g/mol. The largest absolute Gasteiger partial charge is 0.480 e. The van der Waals surface area contributed by atoms with Gasteiger partial charge < -0.3 is 14.7 Å². The van der Waals surface area contributed by atoms with E-state index in [1.54, 1.807) is 33.0 Å². The van der Waals surface area contributed by atoms with Crippen LogP contribution in [0.5, 0.6) is 0 Å². The molecule has 1 atom stereocenters. The van der Waals surface area contributed by atoms with Crippen LogP contribution in [0.15, 0.2) is 24.4 Å². The van der Waals surface area contributed by atoms with Gasteiger partial charge in [-0.3, -0.25) is 4.90 Å². The third kappa shape index (κ3) is 5.40. The van der Waals surface area contributed by atoms with Crippen LogP contribution < -0.4 is 4.90 Å². The van der Waals surface area contributed by atoms with Crippen LogP contribution in [0, 0.1) is 0 Å². The molecular weight excluding hydrogens is 310 g/mol. The molecule has 1 aromatic rings. The fraction of sp³-hybridized carbons (Fsp3) is 0.588. The van der Waals surface area contributed by atoms with Gasteiger partial charge in [0.1, 0.15) is 17.5 Å². The van der Waals surface area contributed by atoms with Crippen LogP contribution in [-0.4, -0.2) is 58.3 Å². The Bertz CT molecular complexity index is 543. The van der Waals surface area contributed by atoms with Crippen LogP contribution in [-0.2, 0) is 9.53 Å². The summed E-state index contributed by atoms with van der Waals surface area (Å²) in [7, 11) is 0. The van der Waals surface area contributed by atoms with Crippen LogP contribution in [0.4, 0.5) is 10.6 Å². The smallest absolute Gasteiger partial charge is 0.411 e. The van der Waals surface area contributed by atoms with Gasteiger partial charge in [-0.1, -0.05) is 19.9 Å². The second kappa shape index (κ2) is 8.52. The number of piperazine rings is 1. The summed E-state index contributed by atoms with van der Waals surface area (Å²) in [5.74, 6) is -0.343. The molecule has 0 spiro atoms. The van der Waals surface area contributed by atoms with Gasteiger partial charge in [-0.25, -0.2) is 14.6 Å². The second-order valence-electron chi connectivity index (χ2n) is 6.16. The van der Waals surface area contributed by atoms with Crippen LogP contribution in [0.1, 0.15) is 34.6 Å². The molecule has 7 heteroatoms. The highest BCUT2D eigenvalue weighted by Gasteiger charge is 2.37. The Morgan fingerprint density at radius 1 is 1.25 bits per heavy atom. The predicted octanol–water partition coefficient (Wildman–Crippen LogP) is 2.62. The number of ether oxygens (including phenoxy) is 1. The summed E-state index contributed by atoms with van der Waals surface area (Å²) < 4.78 is 5.29. The number of nitrogens with zero attached hydrogens (tertiary/aromatic N) is 3. The molecule has 2 rings (SSSR count). The van der Waals surface area contributed by atoms with E-state index in [4.69, 9.17) is 4.74 Å². The van der Waals surface area contributed by atoms with E-state index in [0.29, 0.717) is 12.4 Å². The summed E-state index contributed by atoms with van der Waals surface area (Å²) in [6, 6.07) is 4.51. The van der Waals surface area contributed by atoms with Crippen molar-refractivity contribution in [2.24, 2.45) is 0 Å². The van der Waals surface area contributed by atoms with Crippen molar-refractivity contribution in [1.82, 2.24) is 9.88 Å². The summed E-state index contributed by atoms with van der Waals surface area (Å²) in [5, 5.41) is 9.42. The highest BCUT2D eigenvalue weighted by Crippen LogP contribution is 2.19. The molecular formula is C17H27N3O4. The number of amides is 1.